The van der Waals surface area contributed by atoms with E-state index in [4.69, 9.17) is 34.8 Å². The van der Waals surface area contributed by atoms with Gasteiger partial charge in [0, 0.05) is 33.0 Å². The standard InChI is InChI=1S/C24H23Cl3N2O3S2/c1-2-11-28(34(31,32)18-6-3-16(25)4-7-18)15-23(30)29-12-9-22-20(10-13-33-22)24(29)19-8-5-17(26)14-21(19)27/h3-8,10,13-14,24H,2,9,11-12,15H2,1H3. The molecule has 5 nitrogen and oxygen atoms in total. The third kappa shape index (κ3) is 5.15. The molecule has 0 aliphatic carbocycles. The first kappa shape index (κ1) is 25.5. The van der Waals surface area contributed by atoms with Gasteiger partial charge in [-0.3, -0.25) is 4.79 Å². The predicted octanol–water partition coefficient (Wildman–Crippen LogP) is 6.28. The highest BCUT2D eigenvalue weighted by molar-refractivity contribution is 7.89. The zero-order valence-electron chi connectivity index (χ0n) is 18.4. The van der Waals surface area contributed by atoms with Crippen molar-refractivity contribution < 1.29 is 13.2 Å². The lowest BCUT2D eigenvalue weighted by molar-refractivity contribution is -0.133. The molecule has 0 N–H and O–H groups in total. The van der Waals surface area contributed by atoms with Crippen molar-refractivity contribution in [1.29, 1.82) is 0 Å². The van der Waals surface area contributed by atoms with E-state index in [2.05, 4.69) is 0 Å². The Bertz CT molecular complexity index is 1290. The summed E-state index contributed by atoms with van der Waals surface area (Å²) in [6.45, 7) is 2.31. The zero-order valence-corrected chi connectivity index (χ0v) is 22.3. The molecule has 1 unspecified atom stereocenters. The molecule has 34 heavy (non-hydrogen) atoms. The van der Waals surface area contributed by atoms with Crippen LogP contribution in [0.25, 0.3) is 0 Å². The van der Waals surface area contributed by atoms with E-state index >= 15 is 0 Å². The second kappa shape index (κ2) is 10.6. The van der Waals surface area contributed by atoms with Gasteiger partial charge in [0.25, 0.3) is 0 Å². The fourth-order valence-corrected chi connectivity index (χ4v) is 7.20. The number of nitrogens with zero attached hydrogens (tertiary/aromatic N) is 2. The maximum atomic E-state index is 13.6. The van der Waals surface area contributed by atoms with Gasteiger partial charge in [-0.2, -0.15) is 4.31 Å². The van der Waals surface area contributed by atoms with Crippen molar-refractivity contribution >= 4 is 62.1 Å². The monoisotopic (exact) mass is 556 g/mol. The van der Waals surface area contributed by atoms with Crippen LogP contribution in [0.15, 0.2) is 58.8 Å². The van der Waals surface area contributed by atoms with Gasteiger partial charge in [-0.1, -0.05) is 47.8 Å². The molecule has 10 heteroatoms. The largest absolute Gasteiger partial charge is 0.330 e. The first-order chi connectivity index (χ1) is 16.2. The van der Waals surface area contributed by atoms with Gasteiger partial charge in [0.2, 0.25) is 15.9 Å². The summed E-state index contributed by atoms with van der Waals surface area (Å²) in [6, 6.07) is 12.8. The van der Waals surface area contributed by atoms with Gasteiger partial charge in [0.1, 0.15) is 0 Å². The average molecular weight is 558 g/mol. The van der Waals surface area contributed by atoms with Crippen LogP contribution in [0, 0.1) is 0 Å². The van der Waals surface area contributed by atoms with Crippen molar-refractivity contribution in [2.75, 3.05) is 19.6 Å². The molecule has 1 aliphatic rings. The van der Waals surface area contributed by atoms with Crippen molar-refractivity contribution in [3.05, 3.63) is 85.0 Å². The van der Waals surface area contributed by atoms with Gasteiger partial charge >= 0.3 is 0 Å². The predicted molar refractivity (Wildman–Crippen MR) is 139 cm³/mol. The van der Waals surface area contributed by atoms with Crippen LogP contribution in [0.4, 0.5) is 0 Å². The number of sulfonamides is 1. The van der Waals surface area contributed by atoms with E-state index < -0.39 is 16.1 Å². The molecule has 0 saturated carbocycles. The molecule has 0 spiro atoms. The second-order valence-corrected chi connectivity index (χ2v) is 12.2. The number of benzene rings is 2. The molecule has 3 aromatic rings. The molecule has 180 valence electrons. The highest BCUT2D eigenvalue weighted by Crippen LogP contribution is 2.41. The van der Waals surface area contributed by atoms with Gasteiger partial charge in [-0.05, 0) is 71.8 Å². The molecule has 1 atom stereocenters. The number of hydrogen-bond donors (Lipinski definition) is 0. The van der Waals surface area contributed by atoms with E-state index in [0.717, 1.165) is 11.1 Å². The Labute approximate surface area is 218 Å². The number of hydrogen-bond acceptors (Lipinski definition) is 4. The van der Waals surface area contributed by atoms with Crippen molar-refractivity contribution in [1.82, 2.24) is 9.21 Å². The zero-order chi connectivity index (χ0) is 24.5. The minimum atomic E-state index is -3.87. The number of thiophene rings is 1. The lowest BCUT2D eigenvalue weighted by Gasteiger charge is -2.37. The summed E-state index contributed by atoms with van der Waals surface area (Å²) >= 11 is 20.2. The maximum absolute atomic E-state index is 13.6. The van der Waals surface area contributed by atoms with Crippen molar-refractivity contribution in [2.24, 2.45) is 0 Å². The van der Waals surface area contributed by atoms with Crippen LogP contribution in [0.2, 0.25) is 15.1 Å². The average Bonchev–Trinajstić information content (AvgIpc) is 3.28. The number of rotatable bonds is 7. The van der Waals surface area contributed by atoms with Crippen LogP contribution < -0.4 is 0 Å². The van der Waals surface area contributed by atoms with Gasteiger partial charge in [-0.15, -0.1) is 11.3 Å². The molecular formula is C24H23Cl3N2O3S2. The van der Waals surface area contributed by atoms with E-state index in [-0.39, 0.29) is 23.9 Å². The number of fused-ring (bicyclic) bond motifs is 1. The number of halogens is 3. The quantitative estimate of drug-likeness (QED) is 0.343. The highest BCUT2D eigenvalue weighted by Gasteiger charge is 2.36. The smallest absolute Gasteiger partial charge is 0.243 e. The Balaban J connectivity index is 1.67. The molecular weight excluding hydrogens is 535 g/mol. The Kier molecular flexibility index (Phi) is 7.92. The minimum Gasteiger partial charge on any atom is -0.330 e. The SMILES string of the molecule is CCCN(CC(=O)N1CCc2sccc2C1c1ccc(Cl)cc1Cl)S(=O)(=O)c1ccc(Cl)cc1. The molecule has 4 rings (SSSR count). The lowest BCUT2D eigenvalue weighted by Crippen LogP contribution is -2.47. The normalized spacial score (nSPS) is 16.0. The Morgan fingerprint density at radius 3 is 2.44 bits per heavy atom. The molecule has 2 heterocycles. The van der Waals surface area contributed by atoms with Crippen LogP contribution in [0.5, 0.6) is 0 Å². The summed E-state index contributed by atoms with van der Waals surface area (Å²) in [5.74, 6) is -0.279. The topological polar surface area (TPSA) is 57.7 Å². The summed E-state index contributed by atoms with van der Waals surface area (Å²) in [5, 5.41) is 3.42. The van der Waals surface area contributed by atoms with Crippen LogP contribution in [0.3, 0.4) is 0 Å². The van der Waals surface area contributed by atoms with Gasteiger partial charge < -0.3 is 4.90 Å². The molecule has 2 aromatic carbocycles. The first-order valence-corrected chi connectivity index (χ1v) is 14.2. The van der Waals surface area contributed by atoms with E-state index in [1.54, 1.807) is 28.4 Å². The number of amides is 1. The van der Waals surface area contributed by atoms with Crippen LogP contribution in [-0.2, 0) is 21.2 Å². The number of carbonyl (C=O) groups is 1. The summed E-state index contributed by atoms with van der Waals surface area (Å²) in [6.07, 6.45) is 1.28. The van der Waals surface area contributed by atoms with Gasteiger partial charge in [-0.25, -0.2) is 8.42 Å². The van der Waals surface area contributed by atoms with E-state index in [9.17, 15) is 13.2 Å². The Morgan fingerprint density at radius 1 is 1.06 bits per heavy atom. The molecule has 0 bridgehead atoms. The van der Waals surface area contributed by atoms with E-state index in [1.165, 1.54) is 33.4 Å². The van der Waals surface area contributed by atoms with Gasteiger partial charge in [0.05, 0.1) is 17.5 Å². The molecule has 1 aliphatic heterocycles. The summed E-state index contributed by atoms with van der Waals surface area (Å²) in [7, 11) is -3.87. The second-order valence-electron chi connectivity index (χ2n) is 8.00. The fourth-order valence-electron chi connectivity index (χ4n) is 4.17. The Hall–Kier alpha value is -1.61. The van der Waals surface area contributed by atoms with E-state index in [1.807, 2.05) is 24.4 Å². The van der Waals surface area contributed by atoms with Gasteiger partial charge in [0.15, 0.2) is 0 Å². The third-order valence-electron chi connectivity index (χ3n) is 5.78. The first-order valence-electron chi connectivity index (χ1n) is 10.8. The molecule has 0 radical (unpaired) electrons. The highest BCUT2D eigenvalue weighted by atomic mass is 35.5. The van der Waals surface area contributed by atoms with Crippen LogP contribution in [0.1, 0.15) is 35.4 Å². The van der Waals surface area contributed by atoms with Crippen LogP contribution in [-0.4, -0.2) is 43.2 Å². The Morgan fingerprint density at radius 2 is 1.76 bits per heavy atom. The van der Waals surface area contributed by atoms with E-state index in [0.29, 0.717) is 34.5 Å². The summed E-state index contributed by atoms with van der Waals surface area (Å²) in [5.41, 5.74) is 1.78. The maximum Gasteiger partial charge on any atom is 0.243 e. The summed E-state index contributed by atoms with van der Waals surface area (Å²) in [4.78, 5) is 16.7. The summed E-state index contributed by atoms with van der Waals surface area (Å²) < 4.78 is 27.9. The van der Waals surface area contributed by atoms with Crippen molar-refractivity contribution in [3.8, 4) is 0 Å². The molecule has 0 saturated heterocycles. The lowest BCUT2D eigenvalue weighted by atomic mass is 9.93. The van der Waals surface area contributed by atoms with Crippen molar-refractivity contribution in [3.63, 3.8) is 0 Å². The molecule has 0 fully saturated rings. The number of carbonyl (C=O) groups excluding carboxylic acids is 1. The minimum absolute atomic E-state index is 0.106. The molecule has 1 aromatic heterocycles. The van der Waals surface area contributed by atoms with Crippen LogP contribution >= 0.6 is 46.1 Å². The van der Waals surface area contributed by atoms with Crippen molar-refractivity contribution in [2.45, 2.75) is 30.7 Å². The third-order valence-corrected chi connectivity index (χ3v) is 9.45. The molecule has 1 amide bonds. The fraction of sp³-hybridized carbons (Fsp3) is 0.292.